The van der Waals surface area contributed by atoms with Crippen molar-refractivity contribution in [2.45, 2.75) is 33.7 Å². The first-order valence-electron chi connectivity index (χ1n) is 6.69. The van der Waals surface area contributed by atoms with Gasteiger partial charge in [0.2, 0.25) is 0 Å². The first-order chi connectivity index (χ1) is 9.10. The van der Waals surface area contributed by atoms with Crippen LogP contribution in [-0.2, 0) is 9.53 Å². The lowest BCUT2D eigenvalue weighted by Crippen LogP contribution is -2.42. The number of likely N-dealkylation sites (N-methyl/N-ethyl adjacent to an activating group) is 1. The van der Waals surface area contributed by atoms with E-state index in [1.165, 1.54) is 0 Å². The standard InChI is InChI=1S/C15H23NO3/c1-5-16-13(15(17)18-6-2)10-19-14-11(3)8-7-9-12(14)4/h7-9,13,16H,5-6,10H2,1-4H3. The third-order valence-corrected chi connectivity index (χ3v) is 2.82. The molecule has 0 saturated heterocycles. The monoisotopic (exact) mass is 265 g/mol. The number of carbonyl (C=O) groups is 1. The van der Waals surface area contributed by atoms with Crippen LogP contribution in [0, 0.1) is 13.8 Å². The molecule has 0 aromatic heterocycles. The average molecular weight is 265 g/mol. The topological polar surface area (TPSA) is 47.6 Å². The van der Waals surface area contributed by atoms with Crippen LogP contribution in [0.2, 0.25) is 0 Å². The lowest BCUT2D eigenvalue weighted by Gasteiger charge is -2.18. The Morgan fingerprint density at radius 2 is 1.89 bits per heavy atom. The molecule has 0 saturated carbocycles. The van der Waals surface area contributed by atoms with Crippen LogP contribution in [0.1, 0.15) is 25.0 Å². The summed E-state index contributed by atoms with van der Waals surface area (Å²) in [5.41, 5.74) is 2.14. The molecule has 0 radical (unpaired) electrons. The average Bonchev–Trinajstić information content (AvgIpc) is 2.37. The number of ether oxygens (including phenoxy) is 2. The van der Waals surface area contributed by atoms with Gasteiger partial charge in [-0.15, -0.1) is 0 Å². The molecule has 1 aromatic carbocycles. The van der Waals surface area contributed by atoms with Gasteiger partial charge in [-0.3, -0.25) is 4.79 Å². The van der Waals surface area contributed by atoms with Crippen molar-refractivity contribution in [2.24, 2.45) is 0 Å². The van der Waals surface area contributed by atoms with Crippen molar-refractivity contribution in [3.63, 3.8) is 0 Å². The molecule has 4 heteroatoms. The van der Waals surface area contributed by atoms with Gasteiger partial charge >= 0.3 is 5.97 Å². The smallest absolute Gasteiger partial charge is 0.326 e. The van der Waals surface area contributed by atoms with E-state index in [9.17, 15) is 4.79 Å². The van der Waals surface area contributed by atoms with Crippen LogP contribution in [0.3, 0.4) is 0 Å². The number of rotatable bonds is 7. The number of hydrogen-bond acceptors (Lipinski definition) is 4. The predicted octanol–water partition coefficient (Wildman–Crippen LogP) is 2.22. The summed E-state index contributed by atoms with van der Waals surface area (Å²) in [7, 11) is 0. The number of hydrogen-bond donors (Lipinski definition) is 1. The lowest BCUT2D eigenvalue weighted by molar-refractivity contribution is -0.146. The van der Waals surface area contributed by atoms with E-state index in [2.05, 4.69) is 5.32 Å². The van der Waals surface area contributed by atoms with E-state index in [0.29, 0.717) is 13.2 Å². The molecule has 1 rings (SSSR count). The number of benzene rings is 1. The predicted molar refractivity (Wildman–Crippen MR) is 75.5 cm³/mol. The second-order valence-electron chi connectivity index (χ2n) is 4.39. The first kappa shape index (κ1) is 15.5. The van der Waals surface area contributed by atoms with Crippen LogP contribution < -0.4 is 10.1 Å². The molecule has 0 fully saturated rings. The summed E-state index contributed by atoms with van der Waals surface area (Å²) >= 11 is 0. The van der Waals surface area contributed by atoms with Crippen molar-refractivity contribution >= 4 is 5.97 Å². The fraction of sp³-hybridized carbons (Fsp3) is 0.533. The number of para-hydroxylation sites is 1. The van der Waals surface area contributed by atoms with Gasteiger partial charge in [0.05, 0.1) is 6.61 Å². The maximum Gasteiger partial charge on any atom is 0.326 e. The normalized spacial score (nSPS) is 12.0. The van der Waals surface area contributed by atoms with Gasteiger partial charge in [-0.05, 0) is 38.4 Å². The number of nitrogens with one attached hydrogen (secondary N) is 1. The summed E-state index contributed by atoms with van der Waals surface area (Å²) in [5, 5.41) is 3.08. The van der Waals surface area contributed by atoms with E-state index >= 15 is 0 Å². The molecule has 0 heterocycles. The van der Waals surface area contributed by atoms with Crippen LogP contribution in [-0.4, -0.2) is 31.8 Å². The summed E-state index contributed by atoms with van der Waals surface area (Å²) in [6.45, 7) is 9.09. The molecule has 19 heavy (non-hydrogen) atoms. The van der Waals surface area contributed by atoms with Crippen molar-refractivity contribution in [1.29, 1.82) is 0 Å². The van der Waals surface area contributed by atoms with Crippen LogP contribution in [0.25, 0.3) is 0 Å². The molecule has 106 valence electrons. The van der Waals surface area contributed by atoms with Gasteiger partial charge in [0.1, 0.15) is 18.4 Å². The Kier molecular flexibility index (Phi) is 6.36. The fourth-order valence-corrected chi connectivity index (χ4v) is 1.89. The number of aryl methyl sites for hydroxylation is 2. The molecule has 1 N–H and O–H groups in total. The molecule has 4 nitrogen and oxygen atoms in total. The molecule has 0 amide bonds. The molecule has 1 aromatic rings. The van der Waals surface area contributed by atoms with Gasteiger partial charge in [-0.1, -0.05) is 25.1 Å². The van der Waals surface area contributed by atoms with Crippen molar-refractivity contribution in [2.75, 3.05) is 19.8 Å². The number of esters is 1. The molecule has 1 atom stereocenters. The van der Waals surface area contributed by atoms with Gasteiger partial charge in [-0.25, -0.2) is 0 Å². The zero-order valence-corrected chi connectivity index (χ0v) is 12.2. The van der Waals surface area contributed by atoms with E-state index in [4.69, 9.17) is 9.47 Å². The molecular weight excluding hydrogens is 242 g/mol. The lowest BCUT2D eigenvalue weighted by atomic mass is 10.1. The molecular formula is C15H23NO3. The SMILES string of the molecule is CCNC(COc1c(C)cccc1C)C(=O)OCC. The Hall–Kier alpha value is -1.55. The van der Waals surface area contributed by atoms with Gasteiger partial charge in [0.25, 0.3) is 0 Å². The number of carbonyl (C=O) groups excluding carboxylic acids is 1. The van der Waals surface area contributed by atoms with Crippen LogP contribution in [0.5, 0.6) is 5.75 Å². The van der Waals surface area contributed by atoms with Crippen molar-refractivity contribution in [3.05, 3.63) is 29.3 Å². The van der Waals surface area contributed by atoms with Gasteiger partial charge in [0.15, 0.2) is 0 Å². The Morgan fingerprint density at radius 1 is 1.26 bits per heavy atom. The summed E-state index contributed by atoms with van der Waals surface area (Å²) in [4.78, 5) is 11.8. The Bertz CT molecular complexity index is 398. The van der Waals surface area contributed by atoms with E-state index in [1.54, 1.807) is 6.92 Å². The minimum atomic E-state index is -0.427. The minimum Gasteiger partial charge on any atom is -0.491 e. The second-order valence-corrected chi connectivity index (χ2v) is 4.39. The van der Waals surface area contributed by atoms with Crippen LogP contribution >= 0.6 is 0 Å². The molecule has 0 bridgehead atoms. The highest BCUT2D eigenvalue weighted by Gasteiger charge is 2.20. The molecule has 0 aliphatic heterocycles. The highest BCUT2D eigenvalue weighted by atomic mass is 16.5. The Morgan fingerprint density at radius 3 is 2.42 bits per heavy atom. The van der Waals surface area contributed by atoms with Crippen molar-refractivity contribution < 1.29 is 14.3 Å². The molecule has 1 unspecified atom stereocenters. The van der Waals surface area contributed by atoms with Crippen molar-refractivity contribution in [3.8, 4) is 5.75 Å². The third-order valence-electron chi connectivity index (χ3n) is 2.82. The Labute approximate surface area is 115 Å². The minimum absolute atomic E-state index is 0.268. The van der Waals surface area contributed by atoms with E-state index < -0.39 is 6.04 Å². The van der Waals surface area contributed by atoms with Crippen LogP contribution in [0.4, 0.5) is 0 Å². The zero-order valence-electron chi connectivity index (χ0n) is 12.2. The highest BCUT2D eigenvalue weighted by Crippen LogP contribution is 2.22. The van der Waals surface area contributed by atoms with Gasteiger partial charge < -0.3 is 14.8 Å². The summed E-state index contributed by atoms with van der Waals surface area (Å²) in [5.74, 6) is 0.574. The van der Waals surface area contributed by atoms with E-state index in [-0.39, 0.29) is 12.6 Å². The fourth-order valence-electron chi connectivity index (χ4n) is 1.89. The molecule has 0 spiro atoms. The third kappa shape index (κ3) is 4.56. The maximum atomic E-state index is 11.8. The maximum absolute atomic E-state index is 11.8. The van der Waals surface area contributed by atoms with Gasteiger partial charge in [0, 0.05) is 0 Å². The Balaban J connectivity index is 2.68. The zero-order chi connectivity index (χ0) is 14.3. The van der Waals surface area contributed by atoms with E-state index in [0.717, 1.165) is 16.9 Å². The quantitative estimate of drug-likeness (QED) is 0.768. The van der Waals surface area contributed by atoms with E-state index in [1.807, 2.05) is 39.0 Å². The molecule has 0 aliphatic rings. The van der Waals surface area contributed by atoms with Gasteiger partial charge in [-0.2, -0.15) is 0 Å². The molecule has 0 aliphatic carbocycles. The highest BCUT2D eigenvalue weighted by molar-refractivity contribution is 5.76. The summed E-state index contributed by atoms with van der Waals surface area (Å²) < 4.78 is 10.8. The second kappa shape index (κ2) is 7.79. The first-order valence-corrected chi connectivity index (χ1v) is 6.69. The van der Waals surface area contributed by atoms with Crippen molar-refractivity contribution in [1.82, 2.24) is 5.32 Å². The summed E-state index contributed by atoms with van der Waals surface area (Å²) in [6.07, 6.45) is 0. The largest absolute Gasteiger partial charge is 0.491 e. The summed E-state index contributed by atoms with van der Waals surface area (Å²) in [6, 6.07) is 5.55. The van der Waals surface area contributed by atoms with Crippen LogP contribution in [0.15, 0.2) is 18.2 Å².